The smallest absolute Gasteiger partial charge is 0.230 e. The van der Waals surface area contributed by atoms with Crippen molar-refractivity contribution in [3.05, 3.63) is 59.9 Å². The molecule has 2 aromatic carbocycles. The van der Waals surface area contributed by atoms with E-state index in [1.807, 2.05) is 24.3 Å². The van der Waals surface area contributed by atoms with Crippen LogP contribution in [0.25, 0.3) is 0 Å². The molecular formula is C17H16FNO2S. The minimum atomic E-state index is -0.271. The molecule has 1 atom stereocenters. The normalized spacial score (nSPS) is 16.5. The molecule has 22 heavy (non-hydrogen) atoms. The van der Waals surface area contributed by atoms with E-state index in [2.05, 4.69) is 5.32 Å². The number of halogens is 1. The zero-order valence-electron chi connectivity index (χ0n) is 11.9. The Bertz CT molecular complexity index is 660. The molecule has 0 radical (unpaired) electrons. The van der Waals surface area contributed by atoms with Crippen molar-refractivity contribution in [2.75, 3.05) is 12.4 Å². The van der Waals surface area contributed by atoms with Gasteiger partial charge in [-0.25, -0.2) is 4.39 Å². The first-order chi connectivity index (χ1) is 10.7. The molecule has 0 saturated carbocycles. The Morgan fingerprint density at radius 1 is 1.23 bits per heavy atom. The first kappa shape index (κ1) is 14.9. The van der Waals surface area contributed by atoms with Crippen LogP contribution in [0.15, 0.2) is 53.4 Å². The summed E-state index contributed by atoms with van der Waals surface area (Å²) in [7, 11) is 0. The minimum Gasteiger partial charge on any atom is -0.493 e. The fourth-order valence-corrected chi connectivity index (χ4v) is 3.12. The van der Waals surface area contributed by atoms with Crippen LogP contribution >= 0.6 is 11.8 Å². The molecule has 0 aliphatic carbocycles. The molecule has 0 spiro atoms. The highest BCUT2D eigenvalue weighted by molar-refractivity contribution is 8.00. The van der Waals surface area contributed by atoms with Crippen molar-refractivity contribution in [3.63, 3.8) is 0 Å². The van der Waals surface area contributed by atoms with Gasteiger partial charge in [-0.1, -0.05) is 18.2 Å². The van der Waals surface area contributed by atoms with E-state index in [-0.39, 0.29) is 17.8 Å². The summed E-state index contributed by atoms with van der Waals surface area (Å²) < 4.78 is 18.4. The summed E-state index contributed by atoms with van der Waals surface area (Å²) in [6.45, 7) is 0.604. The maximum absolute atomic E-state index is 12.8. The molecule has 1 N–H and O–H groups in total. The molecule has 0 aromatic heterocycles. The van der Waals surface area contributed by atoms with Gasteiger partial charge in [-0.05, 0) is 30.3 Å². The van der Waals surface area contributed by atoms with Crippen LogP contribution in [-0.4, -0.2) is 18.3 Å². The predicted molar refractivity (Wildman–Crippen MR) is 84.6 cm³/mol. The van der Waals surface area contributed by atoms with Gasteiger partial charge in [0.2, 0.25) is 5.91 Å². The molecule has 114 valence electrons. The van der Waals surface area contributed by atoms with Crippen LogP contribution < -0.4 is 10.1 Å². The van der Waals surface area contributed by atoms with Crippen molar-refractivity contribution >= 4 is 17.7 Å². The van der Waals surface area contributed by atoms with Gasteiger partial charge in [-0.2, -0.15) is 0 Å². The van der Waals surface area contributed by atoms with E-state index >= 15 is 0 Å². The number of hydrogen-bond acceptors (Lipinski definition) is 3. The van der Waals surface area contributed by atoms with Crippen LogP contribution in [0.4, 0.5) is 4.39 Å². The largest absolute Gasteiger partial charge is 0.493 e. The maximum Gasteiger partial charge on any atom is 0.230 e. The maximum atomic E-state index is 12.8. The number of benzene rings is 2. The summed E-state index contributed by atoms with van der Waals surface area (Å²) in [5.74, 6) is 0.847. The lowest BCUT2D eigenvalue weighted by Gasteiger charge is -2.26. The van der Waals surface area contributed by atoms with Crippen molar-refractivity contribution in [1.29, 1.82) is 0 Å². The monoisotopic (exact) mass is 317 g/mol. The Morgan fingerprint density at radius 3 is 2.82 bits per heavy atom. The van der Waals surface area contributed by atoms with Gasteiger partial charge < -0.3 is 10.1 Å². The van der Waals surface area contributed by atoms with E-state index in [4.69, 9.17) is 4.74 Å². The fraction of sp³-hybridized carbons (Fsp3) is 0.235. The average Bonchev–Trinajstić information content (AvgIpc) is 2.55. The highest BCUT2D eigenvalue weighted by Crippen LogP contribution is 2.31. The van der Waals surface area contributed by atoms with Gasteiger partial charge in [0, 0.05) is 16.9 Å². The molecule has 1 heterocycles. The summed E-state index contributed by atoms with van der Waals surface area (Å²) in [5.41, 5.74) is 1.02. The first-order valence-electron chi connectivity index (χ1n) is 7.12. The molecule has 1 amide bonds. The van der Waals surface area contributed by atoms with Gasteiger partial charge in [-0.15, -0.1) is 11.8 Å². The van der Waals surface area contributed by atoms with Gasteiger partial charge in [0.05, 0.1) is 18.4 Å². The quantitative estimate of drug-likeness (QED) is 0.876. The second-order valence-electron chi connectivity index (χ2n) is 5.04. The van der Waals surface area contributed by atoms with Crippen molar-refractivity contribution in [1.82, 2.24) is 5.32 Å². The Morgan fingerprint density at radius 2 is 2.00 bits per heavy atom. The molecule has 3 nitrogen and oxygen atoms in total. The molecule has 1 aliphatic rings. The van der Waals surface area contributed by atoms with Gasteiger partial charge in [-0.3, -0.25) is 4.79 Å². The Labute approximate surface area is 132 Å². The number of hydrogen-bond donors (Lipinski definition) is 1. The van der Waals surface area contributed by atoms with Crippen LogP contribution in [0.5, 0.6) is 5.75 Å². The number of nitrogens with one attached hydrogen (secondary N) is 1. The third kappa shape index (κ3) is 3.60. The number of carbonyl (C=O) groups excluding carboxylic acids is 1. The average molecular weight is 317 g/mol. The second-order valence-corrected chi connectivity index (χ2v) is 6.09. The van der Waals surface area contributed by atoms with Crippen LogP contribution in [0.2, 0.25) is 0 Å². The minimum absolute atomic E-state index is 0.00809. The van der Waals surface area contributed by atoms with E-state index in [0.717, 1.165) is 22.6 Å². The number of rotatable bonds is 4. The van der Waals surface area contributed by atoms with E-state index in [9.17, 15) is 9.18 Å². The number of amides is 1. The topological polar surface area (TPSA) is 38.3 Å². The molecular weight excluding hydrogens is 301 g/mol. The molecule has 0 saturated heterocycles. The number of ether oxygens (including phenoxy) is 1. The Balaban J connectivity index is 1.57. The van der Waals surface area contributed by atoms with E-state index in [1.165, 1.54) is 23.9 Å². The number of thioether (sulfide) groups is 1. The lowest BCUT2D eigenvalue weighted by molar-refractivity contribution is -0.119. The van der Waals surface area contributed by atoms with E-state index in [0.29, 0.717) is 12.4 Å². The molecule has 5 heteroatoms. The van der Waals surface area contributed by atoms with E-state index < -0.39 is 0 Å². The molecule has 1 aliphatic heterocycles. The predicted octanol–water partition coefficient (Wildman–Crippen LogP) is 3.56. The third-order valence-corrected chi connectivity index (χ3v) is 4.49. The fourth-order valence-electron chi connectivity index (χ4n) is 2.41. The number of para-hydroxylation sites is 1. The molecule has 0 fully saturated rings. The standard InChI is InChI=1S/C17H16FNO2S/c18-12-5-7-13(8-6-12)22-11-17(20)19-15-9-10-21-16-4-2-1-3-14(15)16/h1-8,15H,9-11H2,(H,19,20)/t15-/m1/s1. The van der Waals surface area contributed by atoms with Crippen molar-refractivity contribution in [2.45, 2.75) is 17.4 Å². The SMILES string of the molecule is O=C(CSc1ccc(F)cc1)N[C@@H]1CCOc2ccccc21. The molecule has 0 unspecified atom stereocenters. The summed E-state index contributed by atoms with van der Waals surface area (Å²) in [6.07, 6.45) is 0.768. The van der Waals surface area contributed by atoms with Gasteiger partial charge in [0.25, 0.3) is 0 Å². The molecule has 0 bridgehead atoms. The van der Waals surface area contributed by atoms with Crippen LogP contribution in [0, 0.1) is 5.82 Å². The van der Waals surface area contributed by atoms with Gasteiger partial charge in [0.15, 0.2) is 0 Å². The van der Waals surface area contributed by atoms with Crippen molar-refractivity contribution < 1.29 is 13.9 Å². The Hall–Kier alpha value is -2.01. The first-order valence-corrected chi connectivity index (χ1v) is 8.10. The number of carbonyl (C=O) groups is 1. The summed E-state index contributed by atoms with van der Waals surface area (Å²) >= 11 is 1.40. The zero-order chi connectivity index (χ0) is 15.4. The summed E-state index contributed by atoms with van der Waals surface area (Å²) in [6, 6.07) is 13.9. The summed E-state index contributed by atoms with van der Waals surface area (Å²) in [4.78, 5) is 13.0. The lowest BCUT2D eigenvalue weighted by Crippen LogP contribution is -2.33. The van der Waals surface area contributed by atoms with Gasteiger partial charge >= 0.3 is 0 Å². The highest BCUT2D eigenvalue weighted by atomic mass is 32.2. The van der Waals surface area contributed by atoms with Crippen LogP contribution in [-0.2, 0) is 4.79 Å². The Kier molecular flexibility index (Phi) is 4.63. The van der Waals surface area contributed by atoms with Crippen LogP contribution in [0.3, 0.4) is 0 Å². The van der Waals surface area contributed by atoms with Gasteiger partial charge in [0.1, 0.15) is 11.6 Å². The summed E-state index contributed by atoms with van der Waals surface area (Å²) in [5, 5.41) is 3.04. The number of fused-ring (bicyclic) bond motifs is 1. The molecule has 3 rings (SSSR count). The third-order valence-electron chi connectivity index (χ3n) is 3.48. The lowest BCUT2D eigenvalue weighted by atomic mass is 10.0. The van der Waals surface area contributed by atoms with Crippen LogP contribution in [0.1, 0.15) is 18.0 Å². The van der Waals surface area contributed by atoms with Crippen molar-refractivity contribution in [2.24, 2.45) is 0 Å². The van der Waals surface area contributed by atoms with Crippen molar-refractivity contribution in [3.8, 4) is 5.75 Å². The van der Waals surface area contributed by atoms with E-state index in [1.54, 1.807) is 12.1 Å². The highest BCUT2D eigenvalue weighted by Gasteiger charge is 2.22. The molecule has 2 aromatic rings. The zero-order valence-corrected chi connectivity index (χ0v) is 12.7. The second kappa shape index (κ2) is 6.83.